The van der Waals surface area contributed by atoms with Gasteiger partial charge in [0.25, 0.3) is 0 Å². The van der Waals surface area contributed by atoms with E-state index in [1.807, 2.05) is 12.1 Å². The largest absolute Gasteiger partial charge is 3.00 e. The second-order valence-corrected chi connectivity index (χ2v) is 14.9. The van der Waals surface area contributed by atoms with Crippen LogP contribution in [0.4, 0.5) is 65.9 Å². The summed E-state index contributed by atoms with van der Waals surface area (Å²) in [7, 11) is -30.5. The number of halogens is 15. The van der Waals surface area contributed by atoms with Gasteiger partial charge in [0.05, 0.1) is 0 Å². The van der Waals surface area contributed by atoms with Crippen LogP contribution >= 0.6 is 0 Å². The number of hydrogen-bond acceptors (Lipinski definition) is 15. The summed E-state index contributed by atoms with van der Waals surface area (Å²) in [5.74, 6) is 0. The van der Waals surface area contributed by atoms with E-state index in [-0.39, 0.29) is 51.1 Å². The van der Waals surface area contributed by atoms with Crippen molar-refractivity contribution in [2.75, 3.05) is 0 Å². The first kappa shape index (κ1) is 66.1. The van der Waals surface area contributed by atoms with Gasteiger partial charge < -0.3 is 22.8 Å². The van der Waals surface area contributed by atoms with Gasteiger partial charge in [-0.1, -0.05) is 20.8 Å². The molecule has 1 aromatic carbocycles. The summed E-state index contributed by atoms with van der Waals surface area (Å²) >= 11 is 0. The Bertz CT molecular complexity index is 1470. The van der Waals surface area contributed by atoms with Gasteiger partial charge in [0.15, 0.2) is 50.6 Å². The van der Waals surface area contributed by atoms with Gasteiger partial charge in [0.1, 0.15) is 0 Å². The van der Waals surface area contributed by atoms with E-state index >= 15 is 0 Å². The molecule has 0 aromatic heterocycles. The smallest absolute Gasteiger partial charge is 0.741 e. The summed E-state index contributed by atoms with van der Waals surface area (Å²) in [6.45, 7) is 6.63. The fraction of sp³-hybridized carbons (Fsp3) is 0.600. The van der Waals surface area contributed by atoms with E-state index in [0.717, 1.165) is 0 Å². The van der Waals surface area contributed by atoms with Gasteiger partial charge in [-0.25, -0.2) is 42.1 Å². The molecule has 311 valence electrons. The molecule has 0 aliphatic rings. The third-order valence-corrected chi connectivity index (χ3v) is 5.84. The summed E-state index contributed by atoms with van der Waals surface area (Å²) in [4.78, 5) is 0. The molecule has 0 bridgehead atoms. The Kier molecular flexibility index (Phi) is 28.8. The monoisotopic (exact) mass is 1190 g/mol. The number of alkyl halides is 15. The molecule has 0 N–H and O–H groups in total. The Labute approximate surface area is 315 Å². The van der Waals surface area contributed by atoms with Gasteiger partial charge in [0, 0.05) is 0 Å². The number of rotatable bonds is 0. The van der Waals surface area contributed by atoms with Crippen molar-refractivity contribution in [3.63, 3.8) is 0 Å². The molecule has 0 fully saturated rings. The zero-order chi connectivity index (χ0) is 42.6. The van der Waals surface area contributed by atoms with Crippen molar-refractivity contribution in [2.45, 2.75) is 53.7 Å². The number of hydrogen-bond donors (Lipinski definition) is 0. The molecule has 0 aliphatic carbocycles. The van der Waals surface area contributed by atoms with Gasteiger partial charge in [-0.3, -0.25) is 0 Å². The topological polar surface area (TPSA) is 286 Å². The second-order valence-electron chi connectivity index (χ2n) is 8.04. The van der Waals surface area contributed by atoms with Crippen molar-refractivity contribution in [1.29, 1.82) is 0 Å². The van der Waals surface area contributed by atoms with Crippen LogP contribution in [-0.2, 0) is 75.5 Å². The van der Waals surface area contributed by atoms with Gasteiger partial charge in [-0.15, -0.1) is 0 Å². The molecular weight excluding hydrogens is 1180 g/mol. The van der Waals surface area contributed by atoms with Crippen LogP contribution < -0.4 is 0 Å². The fourth-order valence-corrected chi connectivity index (χ4v) is 0.887. The zero-order valence-corrected chi connectivity index (χ0v) is 33.2. The quantitative estimate of drug-likeness (QED) is 0.119. The Morgan fingerprint density at radius 2 is 0.538 bits per heavy atom. The van der Waals surface area contributed by atoms with Crippen LogP contribution in [0.15, 0.2) is 24.3 Å². The normalized spacial score (nSPS) is 13.0. The maximum absolute atomic E-state index is 10.7. The predicted octanol–water partition coefficient (Wildman–Crippen LogP) is 2.66. The van der Waals surface area contributed by atoms with Gasteiger partial charge >= 0.3 is 73.2 Å². The summed E-state index contributed by atoms with van der Waals surface area (Å²) in [6, 6.07) is 11.1. The van der Waals surface area contributed by atoms with E-state index in [9.17, 15) is 65.9 Å². The van der Waals surface area contributed by atoms with Crippen molar-refractivity contribution in [3.05, 3.63) is 35.9 Å². The van der Waals surface area contributed by atoms with Crippen LogP contribution in [0.3, 0.4) is 0 Å². The summed E-state index contributed by atoms with van der Waals surface area (Å²) in [6.07, 6.45) is 0. The first-order chi connectivity index (χ1) is 20.9. The molecule has 0 saturated heterocycles. The van der Waals surface area contributed by atoms with E-state index in [0.29, 0.717) is 0 Å². The van der Waals surface area contributed by atoms with Crippen LogP contribution in [0.25, 0.3) is 0 Å². The fourth-order valence-electron chi connectivity index (χ4n) is 0.887. The molecule has 1 rings (SSSR count). The maximum Gasteiger partial charge on any atom is 3.00 e. The molecule has 0 amide bonds. The van der Waals surface area contributed by atoms with Crippen molar-refractivity contribution in [1.82, 2.24) is 0 Å². The molecule has 0 atom stereocenters. The van der Waals surface area contributed by atoms with E-state index < -0.39 is 78.1 Å². The molecule has 52 heavy (non-hydrogen) atoms. The first-order valence-electron chi connectivity index (χ1n) is 9.93. The molecule has 0 spiro atoms. The maximum atomic E-state index is 10.7. The van der Waals surface area contributed by atoms with Crippen LogP contribution in [0, 0.1) is 6.07 Å². The van der Waals surface area contributed by atoms with E-state index in [4.69, 9.17) is 64.9 Å². The molecule has 15 nitrogen and oxygen atoms in total. The van der Waals surface area contributed by atoms with Gasteiger partial charge in [0.2, 0.25) is 0 Å². The molecular formula is C15H13BiF15O15RuS5. The third-order valence-electron chi connectivity index (χ3n) is 3.00. The van der Waals surface area contributed by atoms with Crippen LogP contribution in [0.5, 0.6) is 0 Å². The molecule has 0 saturated carbocycles. The zero-order valence-electron chi connectivity index (χ0n) is 23.9. The van der Waals surface area contributed by atoms with Crippen molar-refractivity contribution in [2.24, 2.45) is 0 Å². The SMILES string of the molecule is CC(C)(C)c1cc[c-]cc1.O=S(=O)([O-])C(F)(F)F.O=S(=O)([O-])C(F)(F)F.O=S(=O)([O-])C(F)(F)F.O=S(=O)([O-])C(F)(F)F.O=S(=O)([O-])C(F)(F)F.[Bi+3].[Ru+3]. The van der Waals surface area contributed by atoms with Crippen LogP contribution in [-0.4, -0.2) is 119 Å². The second kappa shape index (κ2) is 22.7. The van der Waals surface area contributed by atoms with Crippen LogP contribution in [0.2, 0.25) is 0 Å². The first-order valence-corrected chi connectivity index (χ1v) is 17.0. The summed E-state index contributed by atoms with van der Waals surface area (Å²) in [5, 5.41) is 0. The third kappa shape index (κ3) is 33.8. The Morgan fingerprint density at radius 3 is 0.596 bits per heavy atom. The minimum Gasteiger partial charge on any atom is -0.741 e. The Morgan fingerprint density at radius 1 is 0.423 bits per heavy atom. The molecule has 0 unspecified atom stereocenters. The van der Waals surface area contributed by atoms with E-state index in [1.165, 1.54) is 5.56 Å². The Balaban J connectivity index is -0.0000000930. The number of benzene rings is 1. The van der Waals surface area contributed by atoms with Crippen molar-refractivity contribution >= 4 is 76.8 Å². The summed E-state index contributed by atoms with van der Waals surface area (Å²) in [5.41, 5.74) is -26.6. The van der Waals surface area contributed by atoms with Crippen LogP contribution in [0.1, 0.15) is 26.3 Å². The van der Waals surface area contributed by atoms with Gasteiger partial charge in [-0.05, 0) is 5.41 Å². The van der Waals surface area contributed by atoms with Crippen molar-refractivity contribution < 1.29 is 150 Å². The van der Waals surface area contributed by atoms with E-state index in [2.05, 4.69) is 39.0 Å². The van der Waals surface area contributed by atoms with E-state index in [1.54, 1.807) is 0 Å². The minimum absolute atomic E-state index is 0. The average Bonchev–Trinajstić information content (AvgIpc) is 2.74. The molecule has 0 aliphatic heterocycles. The van der Waals surface area contributed by atoms with Crippen molar-refractivity contribution in [3.8, 4) is 0 Å². The predicted molar refractivity (Wildman–Crippen MR) is 128 cm³/mol. The average molecular weight is 1190 g/mol. The standard InChI is InChI=1S/C10H13.5CHF3O3S.Bi.Ru/c1-10(2,3)9-7-5-4-6-8-9;5*2-1(3,4)8(5,6)7;;/h5-8H,1-3H3;5*(H,5,6,7);;/q-1;;;;;;2*+3/p-5. The Hall–Kier alpha value is -0.774. The molecule has 1 aromatic rings. The minimum atomic E-state index is -6.09. The molecule has 0 heterocycles. The molecule has 3 radical (unpaired) electrons. The van der Waals surface area contributed by atoms with Gasteiger partial charge in [-0.2, -0.15) is 102 Å². The summed E-state index contributed by atoms with van der Waals surface area (Å²) < 4.78 is 295. The molecule has 37 heteroatoms.